The summed E-state index contributed by atoms with van der Waals surface area (Å²) in [4.78, 5) is 10.5. The van der Waals surface area contributed by atoms with E-state index in [-0.39, 0.29) is 0 Å². The highest BCUT2D eigenvalue weighted by Crippen LogP contribution is 2.38. The van der Waals surface area contributed by atoms with Crippen molar-refractivity contribution in [1.29, 1.82) is 0 Å². The van der Waals surface area contributed by atoms with Gasteiger partial charge in [-0.25, -0.2) is 9.97 Å². The standard InChI is InChI=1S/C50H34N4/c1-3-17-35(18-4-1)41-25-7-11-29-45(41)53-47-31-13-9-27-43(47)51-49(53)39-23-15-21-37(33-39)38-22-16-24-40(34-38)50-52-44-28-10-14-32-48(44)54(50)46-30-12-8-26-42(46)36-19-5-2-6-20-36/h1-34H. The molecule has 54 heavy (non-hydrogen) atoms. The van der Waals surface area contributed by atoms with Gasteiger partial charge in [0, 0.05) is 22.3 Å². The van der Waals surface area contributed by atoms with Crippen molar-refractivity contribution in [1.82, 2.24) is 19.1 Å². The van der Waals surface area contributed by atoms with Crippen LogP contribution in [0.2, 0.25) is 0 Å². The van der Waals surface area contributed by atoms with Gasteiger partial charge in [-0.15, -0.1) is 0 Å². The molecule has 4 nitrogen and oxygen atoms in total. The van der Waals surface area contributed by atoms with Crippen LogP contribution in [0.15, 0.2) is 206 Å². The van der Waals surface area contributed by atoms with Gasteiger partial charge in [-0.2, -0.15) is 0 Å². The Morgan fingerprint density at radius 2 is 0.630 bits per heavy atom. The molecule has 2 aromatic heterocycles. The lowest BCUT2D eigenvalue weighted by molar-refractivity contribution is 1.10. The second-order valence-electron chi connectivity index (χ2n) is 13.4. The van der Waals surface area contributed by atoms with E-state index in [1.54, 1.807) is 0 Å². The second kappa shape index (κ2) is 13.4. The molecule has 0 unspecified atom stereocenters. The Morgan fingerprint density at radius 1 is 0.278 bits per heavy atom. The van der Waals surface area contributed by atoms with E-state index in [0.29, 0.717) is 0 Å². The van der Waals surface area contributed by atoms with Gasteiger partial charge in [-0.1, -0.05) is 158 Å². The van der Waals surface area contributed by atoms with Crippen LogP contribution in [0.25, 0.3) is 89.6 Å². The highest BCUT2D eigenvalue weighted by Gasteiger charge is 2.20. The van der Waals surface area contributed by atoms with Crippen molar-refractivity contribution >= 4 is 22.1 Å². The van der Waals surface area contributed by atoms with Gasteiger partial charge in [-0.05, 0) is 70.8 Å². The van der Waals surface area contributed by atoms with Crippen molar-refractivity contribution < 1.29 is 0 Å². The number of benzene rings is 8. The predicted molar refractivity (Wildman–Crippen MR) is 223 cm³/mol. The molecule has 0 radical (unpaired) electrons. The fourth-order valence-electron chi connectivity index (χ4n) is 7.66. The molecule has 2 heterocycles. The fraction of sp³-hybridized carbons (Fsp3) is 0. The van der Waals surface area contributed by atoms with Crippen LogP contribution in [0.1, 0.15) is 0 Å². The summed E-state index contributed by atoms with van der Waals surface area (Å²) in [7, 11) is 0. The summed E-state index contributed by atoms with van der Waals surface area (Å²) < 4.78 is 4.61. The molecule has 0 fully saturated rings. The zero-order valence-electron chi connectivity index (χ0n) is 29.4. The van der Waals surface area contributed by atoms with E-state index in [4.69, 9.17) is 9.97 Å². The summed E-state index contributed by atoms with van der Waals surface area (Å²) in [6, 6.07) is 72.6. The lowest BCUT2D eigenvalue weighted by Crippen LogP contribution is -2.00. The van der Waals surface area contributed by atoms with Crippen LogP contribution in [0, 0.1) is 0 Å². The first kappa shape index (κ1) is 31.4. The minimum absolute atomic E-state index is 0.900. The van der Waals surface area contributed by atoms with Gasteiger partial charge in [0.15, 0.2) is 0 Å². The van der Waals surface area contributed by atoms with E-state index < -0.39 is 0 Å². The molecule has 254 valence electrons. The van der Waals surface area contributed by atoms with Crippen LogP contribution in [0.4, 0.5) is 0 Å². The highest BCUT2D eigenvalue weighted by molar-refractivity contribution is 5.89. The van der Waals surface area contributed by atoms with E-state index in [9.17, 15) is 0 Å². The van der Waals surface area contributed by atoms with Crippen LogP contribution >= 0.6 is 0 Å². The summed E-state index contributed by atoms with van der Waals surface area (Å²) in [6.45, 7) is 0. The molecule has 8 aromatic carbocycles. The maximum Gasteiger partial charge on any atom is 0.145 e. The minimum atomic E-state index is 0.900. The number of fused-ring (bicyclic) bond motifs is 2. The second-order valence-corrected chi connectivity index (χ2v) is 13.4. The number of aromatic nitrogens is 4. The van der Waals surface area contributed by atoms with Crippen LogP contribution < -0.4 is 0 Å². The molecule has 0 amide bonds. The van der Waals surface area contributed by atoms with Crippen molar-refractivity contribution in [2.24, 2.45) is 0 Å². The summed E-state index contributed by atoms with van der Waals surface area (Å²) in [6.07, 6.45) is 0. The van der Waals surface area contributed by atoms with Gasteiger partial charge in [0.2, 0.25) is 0 Å². The van der Waals surface area contributed by atoms with E-state index in [1.807, 2.05) is 0 Å². The minimum Gasteiger partial charge on any atom is -0.292 e. The summed E-state index contributed by atoms with van der Waals surface area (Å²) in [5.74, 6) is 1.80. The Morgan fingerprint density at radius 3 is 1.09 bits per heavy atom. The van der Waals surface area contributed by atoms with Gasteiger partial charge in [0.1, 0.15) is 11.6 Å². The molecular formula is C50H34N4. The van der Waals surface area contributed by atoms with Crippen LogP contribution in [0.5, 0.6) is 0 Å². The van der Waals surface area contributed by atoms with Gasteiger partial charge in [-0.3, -0.25) is 9.13 Å². The van der Waals surface area contributed by atoms with E-state index in [2.05, 4.69) is 215 Å². The van der Waals surface area contributed by atoms with Crippen LogP contribution in [-0.4, -0.2) is 19.1 Å². The number of nitrogens with zero attached hydrogens (tertiary/aromatic N) is 4. The third-order valence-electron chi connectivity index (χ3n) is 10.2. The molecule has 0 saturated heterocycles. The normalized spacial score (nSPS) is 11.3. The van der Waals surface area contributed by atoms with Crippen molar-refractivity contribution in [2.75, 3.05) is 0 Å². The predicted octanol–water partition coefficient (Wildman–Crippen LogP) is 12.7. The Labute approximate surface area is 313 Å². The smallest absolute Gasteiger partial charge is 0.145 e. The molecular weight excluding hydrogens is 657 g/mol. The van der Waals surface area contributed by atoms with E-state index in [0.717, 1.165) is 78.5 Å². The van der Waals surface area contributed by atoms with Gasteiger partial charge in [0.25, 0.3) is 0 Å². The van der Waals surface area contributed by atoms with Crippen LogP contribution in [-0.2, 0) is 0 Å². The van der Waals surface area contributed by atoms with E-state index in [1.165, 1.54) is 11.1 Å². The molecule has 0 N–H and O–H groups in total. The largest absolute Gasteiger partial charge is 0.292 e. The van der Waals surface area contributed by atoms with Crippen molar-refractivity contribution in [3.63, 3.8) is 0 Å². The quantitative estimate of drug-likeness (QED) is 0.167. The molecule has 0 bridgehead atoms. The Kier molecular flexibility index (Phi) is 7.77. The number of para-hydroxylation sites is 6. The first-order valence-electron chi connectivity index (χ1n) is 18.3. The van der Waals surface area contributed by atoms with Gasteiger partial charge < -0.3 is 0 Å². The third kappa shape index (κ3) is 5.49. The third-order valence-corrected chi connectivity index (χ3v) is 10.2. The molecule has 10 aromatic rings. The van der Waals surface area contributed by atoms with Gasteiger partial charge in [0.05, 0.1) is 33.4 Å². The lowest BCUT2D eigenvalue weighted by Gasteiger charge is -2.16. The Balaban J connectivity index is 1.11. The zero-order valence-corrected chi connectivity index (χ0v) is 29.4. The Hall–Kier alpha value is -7.30. The molecule has 0 aliphatic heterocycles. The number of hydrogen-bond donors (Lipinski definition) is 0. The van der Waals surface area contributed by atoms with Gasteiger partial charge >= 0.3 is 0 Å². The number of rotatable bonds is 7. The molecule has 0 spiro atoms. The molecule has 10 rings (SSSR count). The lowest BCUT2D eigenvalue weighted by atomic mass is 9.99. The average molecular weight is 691 g/mol. The van der Waals surface area contributed by atoms with Crippen molar-refractivity contribution in [3.05, 3.63) is 206 Å². The maximum atomic E-state index is 5.25. The summed E-state index contributed by atoms with van der Waals surface area (Å²) in [5, 5.41) is 0. The van der Waals surface area contributed by atoms with Crippen molar-refractivity contribution in [2.45, 2.75) is 0 Å². The molecule has 0 saturated carbocycles. The molecule has 0 atom stereocenters. The summed E-state index contributed by atoms with van der Waals surface area (Å²) in [5.41, 5.74) is 15.2. The Bertz CT molecular complexity index is 2730. The fourth-order valence-corrected chi connectivity index (χ4v) is 7.66. The zero-order chi connectivity index (χ0) is 35.8. The van der Waals surface area contributed by atoms with E-state index >= 15 is 0 Å². The first-order valence-corrected chi connectivity index (χ1v) is 18.3. The topological polar surface area (TPSA) is 35.6 Å². The molecule has 4 heteroatoms. The number of imidazole rings is 2. The average Bonchev–Trinajstić information content (AvgIpc) is 3.84. The van der Waals surface area contributed by atoms with Crippen LogP contribution in [0.3, 0.4) is 0 Å². The first-order chi connectivity index (χ1) is 26.8. The SMILES string of the molecule is c1ccc(-c2ccccc2-n2c(-c3cccc(-c4cccc(-c5nc6ccccc6n5-c5ccccc5-c5ccccc5)c4)c3)nc3ccccc32)cc1. The molecule has 0 aliphatic rings. The monoisotopic (exact) mass is 690 g/mol. The number of hydrogen-bond acceptors (Lipinski definition) is 2. The maximum absolute atomic E-state index is 5.25. The van der Waals surface area contributed by atoms with Crippen molar-refractivity contribution in [3.8, 4) is 67.5 Å². The molecule has 0 aliphatic carbocycles. The summed E-state index contributed by atoms with van der Waals surface area (Å²) >= 11 is 0. The highest BCUT2D eigenvalue weighted by atomic mass is 15.1.